The number of benzene rings is 2. The van der Waals surface area contributed by atoms with Crippen LogP contribution >= 0.6 is 0 Å². The van der Waals surface area contributed by atoms with Crippen molar-refractivity contribution in [2.45, 2.75) is 6.42 Å². The number of para-hydroxylation sites is 1. The molecule has 0 amide bonds. The lowest BCUT2D eigenvalue weighted by atomic mass is 10.1. The Kier molecular flexibility index (Phi) is 6.03. The minimum atomic E-state index is -3.60. The van der Waals surface area contributed by atoms with Gasteiger partial charge in [0.15, 0.2) is 11.6 Å². The summed E-state index contributed by atoms with van der Waals surface area (Å²) in [5, 5.41) is 0. The molecular formula is C20H19FN2O3S. The van der Waals surface area contributed by atoms with E-state index in [9.17, 15) is 12.8 Å². The highest BCUT2D eigenvalue weighted by molar-refractivity contribution is 7.92. The molecule has 0 aliphatic carbocycles. The van der Waals surface area contributed by atoms with Gasteiger partial charge in [-0.05, 0) is 53.9 Å². The minimum absolute atomic E-state index is 0.0353. The number of aromatic nitrogens is 1. The van der Waals surface area contributed by atoms with Crippen LogP contribution < -0.4 is 9.46 Å². The van der Waals surface area contributed by atoms with Gasteiger partial charge in [0, 0.05) is 18.1 Å². The first kappa shape index (κ1) is 18.8. The first-order valence-electron chi connectivity index (χ1n) is 8.37. The number of hydrogen-bond donors (Lipinski definition) is 1. The molecule has 2 aromatic carbocycles. The molecule has 140 valence electrons. The normalized spacial score (nSPS) is 11.1. The van der Waals surface area contributed by atoms with E-state index in [1.165, 1.54) is 12.1 Å². The van der Waals surface area contributed by atoms with Crippen LogP contribution in [-0.2, 0) is 16.4 Å². The molecule has 0 atom stereocenters. The fourth-order valence-electron chi connectivity index (χ4n) is 2.48. The molecule has 1 N–H and O–H groups in total. The van der Waals surface area contributed by atoms with Crippen LogP contribution in [0.4, 0.5) is 10.1 Å². The van der Waals surface area contributed by atoms with E-state index in [-0.39, 0.29) is 18.1 Å². The van der Waals surface area contributed by atoms with Crippen molar-refractivity contribution in [1.82, 2.24) is 4.98 Å². The molecule has 0 bridgehead atoms. The zero-order chi connectivity index (χ0) is 19.1. The summed E-state index contributed by atoms with van der Waals surface area (Å²) < 4.78 is 45.5. The number of hydrogen-bond acceptors (Lipinski definition) is 4. The summed E-state index contributed by atoms with van der Waals surface area (Å²) >= 11 is 0. The Labute approximate surface area is 157 Å². The van der Waals surface area contributed by atoms with Crippen molar-refractivity contribution < 1.29 is 17.5 Å². The smallest absolute Gasteiger partial charge is 0.236 e. The third-order valence-electron chi connectivity index (χ3n) is 3.83. The van der Waals surface area contributed by atoms with Gasteiger partial charge in [0.2, 0.25) is 10.0 Å². The van der Waals surface area contributed by atoms with Crippen LogP contribution in [0, 0.1) is 5.82 Å². The number of halogens is 1. The lowest BCUT2D eigenvalue weighted by Gasteiger charge is -2.10. The summed E-state index contributed by atoms with van der Waals surface area (Å²) in [6.45, 7) is -0.142. The van der Waals surface area contributed by atoms with Crippen LogP contribution in [0.5, 0.6) is 5.75 Å². The molecular weight excluding hydrogens is 367 g/mol. The number of nitrogens with one attached hydrogen (secondary N) is 1. The standard InChI is InChI=1S/C20H19FN2O3S/c21-19-3-1-2-4-20(19)26-13-14-27(24,25)23-18-7-5-16(6-8-18)15-17-9-11-22-12-10-17/h1-12,23H,13-15H2. The van der Waals surface area contributed by atoms with Gasteiger partial charge in [0.05, 0.1) is 0 Å². The molecule has 0 saturated heterocycles. The van der Waals surface area contributed by atoms with Crippen molar-refractivity contribution in [3.8, 4) is 5.75 Å². The average molecular weight is 386 g/mol. The SMILES string of the molecule is O=S(=O)(CCOc1ccccc1F)Nc1ccc(Cc2ccncc2)cc1. The monoisotopic (exact) mass is 386 g/mol. The summed E-state index contributed by atoms with van der Waals surface area (Å²) in [7, 11) is -3.60. The van der Waals surface area contributed by atoms with Gasteiger partial charge in [0.25, 0.3) is 0 Å². The number of pyridine rings is 1. The molecule has 0 saturated carbocycles. The predicted molar refractivity (Wildman–Crippen MR) is 103 cm³/mol. The maximum atomic E-state index is 13.5. The highest BCUT2D eigenvalue weighted by Gasteiger charge is 2.12. The second-order valence-electron chi connectivity index (χ2n) is 5.93. The Hall–Kier alpha value is -2.93. The van der Waals surface area contributed by atoms with Crippen LogP contribution in [0.15, 0.2) is 73.1 Å². The van der Waals surface area contributed by atoms with E-state index >= 15 is 0 Å². The van der Waals surface area contributed by atoms with E-state index in [4.69, 9.17) is 4.74 Å². The number of rotatable bonds is 8. The van der Waals surface area contributed by atoms with Gasteiger partial charge >= 0.3 is 0 Å². The number of anilines is 1. The Morgan fingerprint density at radius 3 is 2.30 bits per heavy atom. The van der Waals surface area contributed by atoms with Gasteiger partial charge in [-0.1, -0.05) is 24.3 Å². The summed E-state index contributed by atoms with van der Waals surface area (Å²) in [4.78, 5) is 3.98. The average Bonchev–Trinajstić information content (AvgIpc) is 2.65. The molecule has 1 aromatic heterocycles. The highest BCUT2D eigenvalue weighted by Crippen LogP contribution is 2.16. The molecule has 3 aromatic rings. The van der Waals surface area contributed by atoms with Crippen LogP contribution in [0.3, 0.4) is 0 Å². The Morgan fingerprint density at radius 1 is 0.926 bits per heavy atom. The first-order chi connectivity index (χ1) is 13.0. The molecule has 0 aliphatic rings. The topological polar surface area (TPSA) is 68.3 Å². The van der Waals surface area contributed by atoms with Gasteiger partial charge in [-0.25, -0.2) is 12.8 Å². The maximum Gasteiger partial charge on any atom is 0.236 e. The quantitative estimate of drug-likeness (QED) is 0.642. The van der Waals surface area contributed by atoms with Crippen molar-refractivity contribution >= 4 is 15.7 Å². The van der Waals surface area contributed by atoms with Crippen LogP contribution in [0.25, 0.3) is 0 Å². The molecule has 3 rings (SSSR count). The number of sulfonamides is 1. The minimum Gasteiger partial charge on any atom is -0.489 e. The van der Waals surface area contributed by atoms with Crippen molar-refractivity contribution in [2.75, 3.05) is 17.1 Å². The molecule has 0 aliphatic heterocycles. The molecule has 1 heterocycles. The van der Waals surface area contributed by atoms with E-state index in [0.29, 0.717) is 5.69 Å². The zero-order valence-electron chi connectivity index (χ0n) is 14.5. The lowest BCUT2D eigenvalue weighted by molar-refractivity contribution is 0.322. The van der Waals surface area contributed by atoms with E-state index in [2.05, 4.69) is 9.71 Å². The van der Waals surface area contributed by atoms with Crippen LogP contribution in [0.2, 0.25) is 0 Å². The Balaban J connectivity index is 1.53. The van der Waals surface area contributed by atoms with E-state index in [1.54, 1.807) is 36.7 Å². The molecule has 0 unspecified atom stereocenters. The molecule has 5 nitrogen and oxygen atoms in total. The molecule has 27 heavy (non-hydrogen) atoms. The summed E-state index contributed by atoms with van der Waals surface area (Å²) in [5.74, 6) is -0.763. The van der Waals surface area contributed by atoms with E-state index in [1.807, 2.05) is 24.3 Å². The summed E-state index contributed by atoms with van der Waals surface area (Å²) in [6, 6.07) is 16.9. The van der Waals surface area contributed by atoms with Crippen LogP contribution in [0.1, 0.15) is 11.1 Å². The van der Waals surface area contributed by atoms with Crippen molar-refractivity contribution in [2.24, 2.45) is 0 Å². The first-order valence-corrected chi connectivity index (χ1v) is 10.0. The Morgan fingerprint density at radius 2 is 1.59 bits per heavy atom. The summed E-state index contributed by atoms with van der Waals surface area (Å²) in [6.07, 6.45) is 4.22. The summed E-state index contributed by atoms with van der Waals surface area (Å²) in [5.41, 5.74) is 2.66. The fraction of sp³-hybridized carbons (Fsp3) is 0.150. The molecule has 0 fully saturated rings. The van der Waals surface area contributed by atoms with Crippen molar-refractivity contribution in [3.05, 3.63) is 90.0 Å². The number of nitrogens with zero attached hydrogens (tertiary/aromatic N) is 1. The molecule has 7 heteroatoms. The zero-order valence-corrected chi connectivity index (χ0v) is 15.3. The second kappa shape index (κ2) is 8.64. The van der Waals surface area contributed by atoms with Gasteiger partial charge in [-0.3, -0.25) is 9.71 Å². The van der Waals surface area contributed by atoms with Gasteiger partial charge in [0.1, 0.15) is 12.4 Å². The lowest BCUT2D eigenvalue weighted by Crippen LogP contribution is -2.21. The Bertz CT molecular complexity index is 978. The predicted octanol–water partition coefficient (Wildman–Crippen LogP) is 3.63. The van der Waals surface area contributed by atoms with Gasteiger partial charge < -0.3 is 4.74 Å². The molecule has 0 spiro atoms. The second-order valence-corrected chi connectivity index (χ2v) is 7.77. The molecule has 0 radical (unpaired) electrons. The van der Waals surface area contributed by atoms with E-state index < -0.39 is 15.8 Å². The van der Waals surface area contributed by atoms with E-state index in [0.717, 1.165) is 17.5 Å². The van der Waals surface area contributed by atoms with Crippen molar-refractivity contribution in [1.29, 1.82) is 0 Å². The largest absolute Gasteiger partial charge is 0.489 e. The van der Waals surface area contributed by atoms with Crippen LogP contribution in [-0.4, -0.2) is 25.8 Å². The van der Waals surface area contributed by atoms with Gasteiger partial charge in [-0.2, -0.15) is 0 Å². The highest BCUT2D eigenvalue weighted by atomic mass is 32.2. The van der Waals surface area contributed by atoms with Crippen molar-refractivity contribution in [3.63, 3.8) is 0 Å². The fourth-order valence-corrected chi connectivity index (χ4v) is 3.38. The maximum absolute atomic E-state index is 13.5. The number of ether oxygens (including phenoxy) is 1. The third kappa shape index (κ3) is 5.79. The van der Waals surface area contributed by atoms with Gasteiger partial charge in [-0.15, -0.1) is 0 Å². The third-order valence-corrected chi connectivity index (χ3v) is 5.08.